The highest BCUT2D eigenvalue weighted by molar-refractivity contribution is 5.92. The number of aromatic nitrogens is 5. The lowest BCUT2D eigenvalue weighted by atomic mass is 10.1. The van der Waals surface area contributed by atoms with E-state index in [0.29, 0.717) is 24.5 Å². The second kappa shape index (κ2) is 7.53. The highest BCUT2D eigenvalue weighted by Gasteiger charge is 2.15. The summed E-state index contributed by atoms with van der Waals surface area (Å²) >= 11 is 0. The third kappa shape index (κ3) is 4.28. The third-order valence-electron chi connectivity index (χ3n) is 3.35. The Kier molecular flexibility index (Phi) is 5.46. The van der Waals surface area contributed by atoms with Crippen LogP contribution < -0.4 is 10.6 Å². The van der Waals surface area contributed by atoms with E-state index in [2.05, 4.69) is 32.6 Å². The number of hydrogen-bond acceptors (Lipinski definition) is 5. The summed E-state index contributed by atoms with van der Waals surface area (Å²) in [6, 6.07) is 3.66. The minimum absolute atomic E-state index is 0.00521. The number of rotatable bonds is 7. The number of tetrazole rings is 1. The Morgan fingerprint density at radius 3 is 2.67 bits per heavy atom. The van der Waals surface area contributed by atoms with Gasteiger partial charge >= 0.3 is 0 Å². The van der Waals surface area contributed by atoms with E-state index in [-0.39, 0.29) is 17.6 Å². The van der Waals surface area contributed by atoms with Crippen molar-refractivity contribution in [2.24, 2.45) is 13.0 Å². The molecule has 2 aromatic rings. The third-order valence-corrected chi connectivity index (χ3v) is 3.35. The second-order valence-corrected chi connectivity index (χ2v) is 5.69. The Morgan fingerprint density at radius 2 is 2.04 bits per heavy atom. The fourth-order valence-electron chi connectivity index (χ4n) is 1.90. The van der Waals surface area contributed by atoms with Gasteiger partial charge in [0.15, 0.2) is 5.82 Å². The van der Waals surface area contributed by atoms with Gasteiger partial charge in [-0.1, -0.05) is 13.5 Å². The molecule has 0 aliphatic rings. The quantitative estimate of drug-likeness (QED) is 0.698. The van der Waals surface area contributed by atoms with Crippen LogP contribution in [0.15, 0.2) is 30.5 Å². The molecule has 0 aliphatic heterocycles. The van der Waals surface area contributed by atoms with Gasteiger partial charge in [0.25, 0.3) is 11.7 Å². The number of amides is 2. The predicted octanol–water partition coefficient (Wildman–Crippen LogP) is 0.0590. The number of aryl methyl sites for hydroxylation is 1. The second-order valence-electron chi connectivity index (χ2n) is 5.69. The summed E-state index contributed by atoms with van der Waals surface area (Å²) in [6.45, 7) is 7.94. The molecular formula is C15H21N7O2. The average Bonchev–Trinajstić information content (AvgIpc) is 3.18. The summed E-state index contributed by atoms with van der Waals surface area (Å²) in [6.07, 6.45) is 1.85. The van der Waals surface area contributed by atoms with Gasteiger partial charge in [-0.05, 0) is 30.2 Å². The summed E-state index contributed by atoms with van der Waals surface area (Å²) in [5.74, 6) is 0.154. The van der Waals surface area contributed by atoms with Crippen LogP contribution in [0.4, 0.5) is 0 Å². The first-order valence-corrected chi connectivity index (χ1v) is 7.52. The lowest BCUT2D eigenvalue weighted by molar-refractivity contribution is -0.117. The summed E-state index contributed by atoms with van der Waals surface area (Å²) < 4.78 is 1.82. The Labute approximate surface area is 139 Å². The number of carbonyl (C=O) groups excluding carboxylic acids is 2. The summed E-state index contributed by atoms with van der Waals surface area (Å²) in [7, 11) is 1.85. The van der Waals surface area contributed by atoms with Gasteiger partial charge in [-0.2, -0.15) is 0 Å². The summed E-state index contributed by atoms with van der Waals surface area (Å²) in [5.41, 5.74) is 0.452. The van der Waals surface area contributed by atoms with E-state index in [1.807, 2.05) is 36.9 Å². The highest BCUT2D eigenvalue weighted by atomic mass is 16.2. The molecule has 0 aliphatic carbocycles. The van der Waals surface area contributed by atoms with Crippen molar-refractivity contribution in [1.29, 1.82) is 0 Å². The van der Waals surface area contributed by atoms with Crippen molar-refractivity contribution in [2.45, 2.75) is 13.8 Å². The van der Waals surface area contributed by atoms with Gasteiger partial charge in [0.2, 0.25) is 5.91 Å². The van der Waals surface area contributed by atoms with E-state index in [1.54, 1.807) is 6.92 Å². The Morgan fingerprint density at radius 1 is 1.33 bits per heavy atom. The molecule has 1 unspecified atom stereocenters. The summed E-state index contributed by atoms with van der Waals surface area (Å²) in [4.78, 5) is 24.8. The van der Waals surface area contributed by atoms with Gasteiger partial charge in [0.05, 0.1) is 0 Å². The molecule has 2 heterocycles. The zero-order chi connectivity index (χ0) is 17.7. The van der Waals surface area contributed by atoms with Crippen molar-refractivity contribution < 1.29 is 9.59 Å². The van der Waals surface area contributed by atoms with E-state index in [0.717, 1.165) is 0 Å². The van der Waals surface area contributed by atoms with Crippen molar-refractivity contribution in [3.63, 3.8) is 0 Å². The summed E-state index contributed by atoms with van der Waals surface area (Å²) in [5, 5.41) is 17.2. The standard InChI is InChI=1S/C15H21N7O2/c1-10(2)14(23)16-8-11(3)9-17-15(24)13-18-20-22(19-13)12-6-5-7-21(12)4/h5-7,11H,1,8-9H2,2-4H3,(H,16,23)(H,17,24). The normalized spacial score (nSPS) is 11.8. The molecule has 24 heavy (non-hydrogen) atoms. The van der Waals surface area contributed by atoms with Crippen LogP contribution in [0.25, 0.3) is 5.82 Å². The first kappa shape index (κ1) is 17.4. The molecular weight excluding hydrogens is 310 g/mol. The van der Waals surface area contributed by atoms with Crippen LogP contribution >= 0.6 is 0 Å². The molecule has 128 valence electrons. The lowest BCUT2D eigenvalue weighted by Crippen LogP contribution is -2.36. The van der Waals surface area contributed by atoms with Gasteiger partial charge < -0.3 is 15.2 Å². The van der Waals surface area contributed by atoms with Crippen LogP contribution in [0.2, 0.25) is 0 Å². The smallest absolute Gasteiger partial charge is 0.292 e. The number of hydrogen-bond donors (Lipinski definition) is 2. The van der Waals surface area contributed by atoms with E-state index < -0.39 is 5.91 Å². The first-order valence-electron chi connectivity index (χ1n) is 7.52. The van der Waals surface area contributed by atoms with Crippen molar-refractivity contribution in [3.05, 3.63) is 36.3 Å². The molecule has 0 aromatic carbocycles. The Balaban J connectivity index is 1.85. The highest BCUT2D eigenvalue weighted by Crippen LogP contribution is 2.03. The zero-order valence-electron chi connectivity index (χ0n) is 14.0. The minimum Gasteiger partial charge on any atom is -0.352 e. The Hall–Kier alpha value is -2.97. The zero-order valence-corrected chi connectivity index (χ0v) is 14.0. The number of nitrogens with zero attached hydrogens (tertiary/aromatic N) is 5. The molecule has 0 fully saturated rings. The van der Waals surface area contributed by atoms with E-state index in [1.165, 1.54) is 4.80 Å². The fourth-order valence-corrected chi connectivity index (χ4v) is 1.90. The predicted molar refractivity (Wildman–Crippen MR) is 87.4 cm³/mol. The Bertz CT molecular complexity index is 747. The van der Waals surface area contributed by atoms with Gasteiger partial charge in [-0.3, -0.25) is 9.59 Å². The molecule has 9 nitrogen and oxygen atoms in total. The molecule has 0 spiro atoms. The van der Waals surface area contributed by atoms with Gasteiger partial charge in [0, 0.05) is 31.9 Å². The maximum atomic E-state index is 12.1. The van der Waals surface area contributed by atoms with Crippen LogP contribution in [-0.2, 0) is 11.8 Å². The van der Waals surface area contributed by atoms with Gasteiger partial charge in [0.1, 0.15) is 0 Å². The van der Waals surface area contributed by atoms with Gasteiger partial charge in [-0.25, -0.2) is 0 Å². The fraction of sp³-hybridized carbons (Fsp3) is 0.400. The monoisotopic (exact) mass is 331 g/mol. The SMILES string of the molecule is C=C(C)C(=O)NCC(C)CNC(=O)c1nnn(-c2cccn2C)n1. The van der Waals surface area contributed by atoms with Crippen LogP contribution in [0, 0.1) is 5.92 Å². The molecule has 2 amide bonds. The van der Waals surface area contributed by atoms with Crippen LogP contribution in [0.5, 0.6) is 0 Å². The maximum absolute atomic E-state index is 12.1. The van der Waals surface area contributed by atoms with Crippen molar-refractivity contribution >= 4 is 11.8 Å². The molecule has 2 rings (SSSR count). The van der Waals surface area contributed by atoms with E-state index >= 15 is 0 Å². The van der Waals surface area contributed by atoms with Crippen LogP contribution in [-0.4, -0.2) is 49.7 Å². The number of carbonyl (C=O) groups is 2. The molecule has 2 N–H and O–H groups in total. The van der Waals surface area contributed by atoms with E-state index in [9.17, 15) is 9.59 Å². The molecule has 1 atom stereocenters. The first-order chi connectivity index (χ1) is 11.4. The molecule has 0 saturated heterocycles. The molecule has 0 bridgehead atoms. The van der Waals surface area contributed by atoms with Gasteiger partial charge in [-0.15, -0.1) is 15.0 Å². The average molecular weight is 331 g/mol. The molecule has 0 radical (unpaired) electrons. The maximum Gasteiger partial charge on any atom is 0.292 e. The van der Waals surface area contributed by atoms with Crippen LogP contribution in [0.3, 0.4) is 0 Å². The topological polar surface area (TPSA) is 107 Å². The minimum atomic E-state index is -0.409. The van der Waals surface area contributed by atoms with Crippen molar-refractivity contribution in [2.75, 3.05) is 13.1 Å². The molecule has 2 aromatic heterocycles. The molecule has 0 saturated carbocycles. The molecule has 9 heteroatoms. The van der Waals surface area contributed by atoms with Crippen molar-refractivity contribution in [1.82, 2.24) is 35.4 Å². The van der Waals surface area contributed by atoms with E-state index in [4.69, 9.17) is 0 Å². The van der Waals surface area contributed by atoms with Crippen molar-refractivity contribution in [3.8, 4) is 5.82 Å². The number of nitrogens with one attached hydrogen (secondary N) is 2. The van der Waals surface area contributed by atoms with Crippen LogP contribution in [0.1, 0.15) is 24.5 Å². The lowest BCUT2D eigenvalue weighted by Gasteiger charge is -2.12. The largest absolute Gasteiger partial charge is 0.352 e.